The number of carboxylic acids is 2. The summed E-state index contributed by atoms with van der Waals surface area (Å²) in [4.78, 5) is 167. The largest absolute Gasteiger partial charge is 0.478 e. The van der Waals surface area contributed by atoms with Crippen LogP contribution in [0.2, 0.25) is 0 Å². The number of aromatic carboxylic acids is 1. The molecule has 15 rings (SSSR count). The summed E-state index contributed by atoms with van der Waals surface area (Å²) >= 11 is 0. The smallest absolute Gasteiger partial charge is 0.379 e. The number of hydrogen-bond acceptors (Lipinski definition) is 24. The third-order valence-electron chi connectivity index (χ3n) is 20.3. The molecule has 1 fully saturated rings. The van der Waals surface area contributed by atoms with Gasteiger partial charge in [-0.25, -0.2) is 52.1 Å². The van der Waals surface area contributed by atoms with Gasteiger partial charge in [-0.2, -0.15) is 15.4 Å². The number of rotatable bonds is 18. The van der Waals surface area contributed by atoms with Gasteiger partial charge in [-0.1, -0.05) is 29.7 Å². The van der Waals surface area contributed by atoms with Gasteiger partial charge in [0.2, 0.25) is 5.65 Å². The normalized spacial score (nSPS) is 13.4. The Balaban J connectivity index is 0.000000204. The predicted molar refractivity (Wildman–Crippen MR) is 410 cm³/mol. The number of anilines is 1. The number of pyridine rings is 1. The minimum absolute atomic E-state index is 0. The van der Waals surface area contributed by atoms with Crippen molar-refractivity contribution in [2.45, 2.75) is 187 Å². The van der Waals surface area contributed by atoms with Crippen molar-refractivity contribution in [3.8, 4) is 0 Å². The van der Waals surface area contributed by atoms with E-state index in [0.29, 0.717) is 168 Å². The summed E-state index contributed by atoms with van der Waals surface area (Å²) in [6.45, 7) is 13.1. The summed E-state index contributed by atoms with van der Waals surface area (Å²) in [7, 11) is 5.18. The van der Waals surface area contributed by atoms with Crippen molar-refractivity contribution >= 4 is 93.8 Å². The molecule has 6 aliphatic rings. The number of benzene rings is 1. The Morgan fingerprint density at radius 1 is 0.534 bits per heavy atom. The van der Waals surface area contributed by atoms with E-state index in [9.17, 15) is 71.1 Å². The monoisotopic (exact) mass is 1610 g/mol. The average Bonchev–Trinajstić information content (AvgIpc) is 1.62. The number of fused-ring (bicyclic) bond motifs is 6. The lowest BCUT2D eigenvalue weighted by Crippen LogP contribution is -2.40. The van der Waals surface area contributed by atoms with E-state index in [2.05, 4.69) is 50.8 Å². The Hall–Kier alpha value is -13.1. The van der Waals surface area contributed by atoms with Gasteiger partial charge in [-0.15, -0.1) is 5.10 Å². The number of H-pyrrole nitrogens is 1. The van der Waals surface area contributed by atoms with E-state index in [4.69, 9.17) is 29.3 Å². The predicted octanol–water partition coefficient (Wildman–Crippen LogP) is 9.16. The summed E-state index contributed by atoms with van der Waals surface area (Å²) in [5.74, 6) is -11.8. The van der Waals surface area contributed by atoms with Crippen molar-refractivity contribution in [2.75, 3.05) is 40.4 Å². The minimum atomic E-state index is -1.50. The second-order valence-electron chi connectivity index (χ2n) is 26.7. The van der Waals surface area contributed by atoms with Crippen LogP contribution in [-0.4, -0.2) is 181 Å². The summed E-state index contributed by atoms with van der Waals surface area (Å²) in [5.41, 5.74) is 9.53. The molecule has 1 aliphatic carbocycles. The molecule has 13 heterocycles. The van der Waals surface area contributed by atoms with Crippen LogP contribution < -0.4 is 15.5 Å². The van der Waals surface area contributed by atoms with E-state index in [0.717, 1.165) is 59.7 Å². The lowest BCUT2D eigenvalue weighted by atomic mass is 10.0. The molecule has 0 bridgehead atoms. The molecule has 1 saturated carbocycles. The maximum atomic E-state index is 13.5. The number of ketones is 3. The number of halogens is 2. The number of carboxylic acid groups (broad SMARTS) is 2. The molecule has 5 aliphatic heterocycles. The van der Waals surface area contributed by atoms with E-state index in [1.807, 2.05) is 4.57 Å². The quantitative estimate of drug-likeness (QED) is 0.0176. The van der Waals surface area contributed by atoms with E-state index in [1.54, 1.807) is 78.1 Å². The number of aliphatic carboxylic acids is 1. The molecule has 620 valence electrons. The molecule has 0 unspecified atom stereocenters. The van der Waals surface area contributed by atoms with Crippen LogP contribution in [0, 0.1) is 46.3 Å². The number of methoxy groups -OCH3 is 4. The molecular weight excluding hydrogens is 1520 g/mol. The Morgan fingerprint density at radius 3 is 1.40 bits per heavy atom. The number of aromatic nitrogens is 12. The van der Waals surface area contributed by atoms with Gasteiger partial charge in [-0.3, -0.25) is 24.0 Å². The number of ether oxygens (including phenoxy) is 5. The van der Waals surface area contributed by atoms with Crippen molar-refractivity contribution in [3.05, 3.63) is 173 Å². The fourth-order valence-corrected chi connectivity index (χ4v) is 15.3. The van der Waals surface area contributed by atoms with Gasteiger partial charge in [0.25, 0.3) is 29.2 Å². The molecule has 1 aromatic carbocycles. The second-order valence-corrected chi connectivity index (χ2v) is 26.7. The number of Topliss-reactive ketones (excluding diaryl/α,β-unsaturated/α-hetero) is 3. The molecule has 0 radical (unpaired) electrons. The number of hydrogen-bond donors (Lipinski definition) is 5. The van der Waals surface area contributed by atoms with E-state index in [1.165, 1.54) is 40.7 Å². The first-order chi connectivity index (χ1) is 53.5. The fourth-order valence-electron chi connectivity index (χ4n) is 15.3. The van der Waals surface area contributed by atoms with Gasteiger partial charge in [0.1, 0.15) is 34.0 Å². The van der Waals surface area contributed by atoms with Gasteiger partial charge >= 0.3 is 47.8 Å². The van der Waals surface area contributed by atoms with Crippen LogP contribution in [0.5, 0.6) is 0 Å². The molecule has 0 saturated heterocycles. The Kier molecular flexibility index (Phi) is 28.9. The average molecular weight is 1610 g/mol. The maximum Gasteiger partial charge on any atom is 0.379 e. The molecular formula is C79H94F2N14O21. The van der Waals surface area contributed by atoms with Crippen molar-refractivity contribution < 1.29 is 110 Å². The van der Waals surface area contributed by atoms with Crippen molar-refractivity contribution in [3.63, 3.8) is 0 Å². The third-order valence-corrected chi connectivity index (χ3v) is 20.3. The maximum absolute atomic E-state index is 13.5. The Labute approximate surface area is 664 Å². The van der Waals surface area contributed by atoms with Gasteiger partial charge in [-0.05, 0) is 181 Å². The lowest BCUT2D eigenvalue weighted by molar-refractivity contribution is -0.137. The van der Waals surface area contributed by atoms with Gasteiger partial charge in [0, 0.05) is 79.1 Å². The SMILES string of the molecule is C.C.C.C.CCOC(=O)C(=O)c1c(C)c(C(=O)OC)n2c1CCC2.COC(=O)c1c(C)c(C(=O)C(=O)O)c2n1CCC2.COC(=O)c1c(C)c(C(=O)O)c2n1CCC2.COC(=O)c1c(C)c(C(=O)On2nnc3cccnc32)c2n1CCC2.Cc1c(C(=O)Nc2ccc(F)c(F)c2)c2n(c1C(=O)C(=O)NC1(c3cn[nH]n3)CC1)CCC2. The molecule has 5 N–H and O–H groups in total. The summed E-state index contributed by atoms with van der Waals surface area (Å²) in [6.07, 6.45) is 11.7. The van der Waals surface area contributed by atoms with Crippen LogP contribution in [0.1, 0.15) is 248 Å². The number of carbonyl (C=O) groups is 13. The van der Waals surface area contributed by atoms with Crippen LogP contribution in [0.25, 0.3) is 11.2 Å². The number of amides is 2. The number of nitrogens with one attached hydrogen (secondary N) is 3. The molecule has 35 nitrogen and oxygen atoms in total. The van der Waals surface area contributed by atoms with Crippen molar-refractivity contribution in [1.82, 2.24) is 63.7 Å². The standard InChI is InChI=1S/C22H20F2N6O3.C16H15N5O4.C14H17NO5.C12H13NO5.C11H13NO4.4CH4/c1-11-17(20(32)26-12-4-5-13(23)14(24)9-12)15-3-2-8-30(15)18(11)19(31)21(33)27-22(6-7-22)16-10-25-29-28-16;1-9-12(11-6-4-8-20(11)13(9)16(23)24-2)15(22)25-21-14-10(18-19-21)5-3-7-17-14;1-4-20-14(18)12(16)10-8(2)11(13(17)19-3)15-7-5-6-9(10)15;1-6-8(10(14)11(15)16)7-4-3-5-13(7)9(6)12(17)18-2;1-6-8(10(13)14)7-4-3-5-12(7)9(6)11(15)16-2;;;;/h4-5,9-10H,2-3,6-8H2,1H3,(H,26,32)(H,27,33)(H,25,28,29);3,5,7H,4,6,8H2,1-2H3;4-7H2,1-3H3;3-5H2,1-2H3,(H,15,16);3-5H2,1-2H3,(H,13,14);4*1H4. The first-order valence-corrected chi connectivity index (χ1v) is 35.5. The third kappa shape index (κ3) is 16.9. The topological polar surface area (TPSA) is 452 Å². The molecule has 37 heteroatoms. The summed E-state index contributed by atoms with van der Waals surface area (Å²) in [5, 5.41) is 41.3. The molecule has 9 aromatic rings. The molecule has 116 heavy (non-hydrogen) atoms. The second kappa shape index (κ2) is 37.2. The zero-order chi connectivity index (χ0) is 81.1. The Morgan fingerprint density at radius 2 is 0.966 bits per heavy atom. The summed E-state index contributed by atoms with van der Waals surface area (Å²) in [6, 6.07) is 6.49. The highest BCUT2D eigenvalue weighted by molar-refractivity contribution is 6.43. The number of nitrogens with zero attached hydrogens (tertiary/aromatic N) is 11. The van der Waals surface area contributed by atoms with Crippen LogP contribution in [0.3, 0.4) is 0 Å². The first-order valence-electron chi connectivity index (χ1n) is 35.5. The van der Waals surface area contributed by atoms with Crippen LogP contribution in [0.4, 0.5) is 14.5 Å². The highest BCUT2D eigenvalue weighted by atomic mass is 19.2. The van der Waals surface area contributed by atoms with Crippen LogP contribution in [0.15, 0.2) is 42.7 Å². The first kappa shape index (κ1) is 90.1. The zero-order valence-corrected chi connectivity index (χ0v) is 62.6. The Bertz CT molecular complexity index is 5390. The van der Waals surface area contributed by atoms with Gasteiger partial charge < -0.3 is 72.2 Å². The highest BCUT2D eigenvalue weighted by Crippen LogP contribution is 2.45. The van der Waals surface area contributed by atoms with Gasteiger partial charge in [0.05, 0.1) is 80.3 Å². The summed E-state index contributed by atoms with van der Waals surface area (Å²) < 4.78 is 59.2. The molecule has 2 amide bonds. The van der Waals surface area contributed by atoms with E-state index < -0.39 is 94.1 Å². The van der Waals surface area contributed by atoms with Crippen molar-refractivity contribution in [1.29, 1.82) is 0 Å². The minimum Gasteiger partial charge on any atom is -0.478 e. The number of carbonyl (C=O) groups excluding carboxylic acids is 11. The lowest BCUT2D eigenvalue weighted by Gasteiger charge is -2.14. The van der Waals surface area contributed by atoms with E-state index in [-0.39, 0.29) is 70.1 Å². The highest BCUT2D eigenvalue weighted by Gasteiger charge is 2.50. The van der Waals surface area contributed by atoms with E-state index >= 15 is 0 Å². The molecule has 0 spiro atoms. The molecule has 8 aromatic heterocycles. The van der Waals surface area contributed by atoms with Crippen LogP contribution in [-0.2, 0) is 108 Å². The zero-order valence-electron chi connectivity index (χ0n) is 62.6. The number of esters is 5. The fraction of sp³-hybridized carbons (Fsp3) is 0.418. The van der Waals surface area contributed by atoms with Crippen LogP contribution >= 0.6 is 0 Å². The van der Waals surface area contributed by atoms with Crippen molar-refractivity contribution in [2.24, 2.45) is 0 Å². The van der Waals surface area contributed by atoms with Gasteiger partial charge in [0.15, 0.2) is 11.6 Å². The number of aromatic amines is 1. The molecule has 0 atom stereocenters.